The van der Waals surface area contributed by atoms with E-state index < -0.39 is 0 Å². The molecule has 2 rings (SSSR count). The van der Waals surface area contributed by atoms with Crippen LogP contribution in [0.15, 0.2) is 24.3 Å². The van der Waals surface area contributed by atoms with E-state index >= 15 is 0 Å². The van der Waals surface area contributed by atoms with Gasteiger partial charge in [-0.1, -0.05) is 24.3 Å². The topological polar surface area (TPSA) is 41.3 Å². The highest BCUT2D eigenvalue weighted by atomic mass is 15.1. The lowest BCUT2D eigenvalue weighted by molar-refractivity contribution is 0.186. The second kappa shape index (κ2) is 7.63. The van der Waals surface area contributed by atoms with Gasteiger partial charge < -0.3 is 16.0 Å². The fraction of sp³-hybridized carbons (Fsp3) is 0.625. The average Bonchev–Trinajstić information content (AvgIpc) is 2.43. The quantitative estimate of drug-likeness (QED) is 0.820. The molecule has 1 saturated heterocycles. The minimum atomic E-state index is 0.788. The van der Waals surface area contributed by atoms with E-state index in [1.807, 2.05) is 0 Å². The van der Waals surface area contributed by atoms with Gasteiger partial charge in [-0.25, -0.2) is 0 Å². The molecule has 0 bridgehead atoms. The van der Waals surface area contributed by atoms with Crippen molar-refractivity contribution in [2.24, 2.45) is 11.7 Å². The number of nitrogens with one attached hydrogen (secondary N) is 1. The van der Waals surface area contributed by atoms with Gasteiger partial charge in [-0.2, -0.15) is 0 Å². The fourth-order valence-corrected chi connectivity index (χ4v) is 2.82. The molecular formula is C16H27N3. The molecule has 1 aromatic rings. The van der Waals surface area contributed by atoms with E-state index in [9.17, 15) is 0 Å². The molecule has 0 radical (unpaired) electrons. The molecular weight excluding hydrogens is 234 g/mol. The zero-order valence-corrected chi connectivity index (χ0v) is 12.1. The third kappa shape index (κ3) is 4.60. The molecule has 3 heteroatoms. The first-order valence-electron chi connectivity index (χ1n) is 7.47. The van der Waals surface area contributed by atoms with Gasteiger partial charge in [0, 0.05) is 19.6 Å². The van der Waals surface area contributed by atoms with Crippen LogP contribution >= 0.6 is 0 Å². The summed E-state index contributed by atoms with van der Waals surface area (Å²) < 4.78 is 0. The zero-order valence-electron chi connectivity index (χ0n) is 12.1. The van der Waals surface area contributed by atoms with Crippen molar-refractivity contribution in [1.29, 1.82) is 0 Å². The molecule has 106 valence electrons. The summed E-state index contributed by atoms with van der Waals surface area (Å²) in [4.78, 5) is 2.48. The maximum atomic E-state index is 5.60. The van der Waals surface area contributed by atoms with Crippen LogP contribution in [0.2, 0.25) is 0 Å². The van der Waals surface area contributed by atoms with Crippen molar-refractivity contribution in [1.82, 2.24) is 10.2 Å². The minimum absolute atomic E-state index is 0.788. The molecule has 1 aromatic carbocycles. The van der Waals surface area contributed by atoms with E-state index in [4.69, 9.17) is 5.73 Å². The fourth-order valence-electron chi connectivity index (χ4n) is 2.82. The Morgan fingerprint density at radius 1 is 1.26 bits per heavy atom. The van der Waals surface area contributed by atoms with Gasteiger partial charge in [0.05, 0.1) is 0 Å². The molecule has 0 aromatic heterocycles. The molecule has 0 spiro atoms. The van der Waals surface area contributed by atoms with Crippen molar-refractivity contribution in [2.45, 2.75) is 26.3 Å². The van der Waals surface area contributed by atoms with Crippen molar-refractivity contribution in [3.63, 3.8) is 0 Å². The van der Waals surface area contributed by atoms with Crippen LogP contribution in [-0.4, -0.2) is 37.6 Å². The van der Waals surface area contributed by atoms with Gasteiger partial charge in [0.1, 0.15) is 0 Å². The summed E-state index contributed by atoms with van der Waals surface area (Å²) in [5.41, 5.74) is 8.40. The summed E-state index contributed by atoms with van der Waals surface area (Å²) in [6.45, 7) is 8.60. The number of nitrogens with two attached hydrogens (primary N) is 1. The number of rotatable bonds is 6. The largest absolute Gasteiger partial charge is 0.329 e. The monoisotopic (exact) mass is 261 g/mol. The predicted molar refractivity (Wildman–Crippen MR) is 81.1 cm³/mol. The van der Waals surface area contributed by atoms with Crippen LogP contribution in [0.25, 0.3) is 0 Å². The Labute approximate surface area is 117 Å². The molecule has 0 saturated carbocycles. The molecule has 1 aliphatic heterocycles. The highest BCUT2D eigenvalue weighted by Gasteiger charge is 2.17. The molecule has 0 amide bonds. The average molecular weight is 261 g/mol. The summed E-state index contributed by atoms with van der Waals surface area (Å²) in [7, 11) is 0. The molecule has 0 atom stereocenters. The molecule has 0 unspecified atom stereocenters. The van der Waals surface area contributed by atoms with Gasteiger partial charge >= 0.3 is 0 Å². The summed E-state index contributed by atoms with van der Waals surface area (Å²) in [6, 6.07) is 8.62. The summed E-state index contributed by atoms with van der Waals surface area (Å²) in [6.07, 6.45) is 2.61. The lowest BCUT2D eigenvalue weighted by Gasteiger charge is -2.31. The summed E-state index contributed by atoms with van der Waals surface area (Å²) in [5.74, 6) is 0.832. The van der Waals surface area contributed by atoms with Crippen LogP contribution < -0.4 is 11.1 Å². The van der Waals surface area contributed by atoms with E-state index in [0.717, 1.165) is 32.1 Å². The van der Waals surface area contributed by atoms with Crippen LogP contribution in [0, 0.1) is 12.8 Å². The summed E-state index contributed by atoms with van der Waals surface area (Å²) >= 11 is 0. The second-order valence-corrected chi connectivity index (χ2v) is 5.63. The SMILES string of the molecule is Cc1ccccc1CNCC1CCN(CCN)CC1. The number of hydrogen-bond donors (Lipinski definition) is 2. The number of hydrogen-bond acceptors (Lipinski definition) is 3. The van der Waals surface area contributed by atoms with Gasteiger partial charge in [-0.3, -0.25) is 0 Å². The van der Waals surface area contributed by atoms with Gasteiger partial charge in [0.25, 0.3) is 0 Å². The van der Waals surface area contributed by atoms with E-state index in [0.29, 0.717) is 0 Å². The van der Waals surface area contributed by atoms with Crippen molar-refractivity contribution >= 4 is 0 Å². The second-order valence-electron chi connectivity index (χ2n) is 5.63. The number of benzene rings is 1. The lowest BCUT2D eigenvalue weighted by Crippen LogP contribution is -2.39. The van der Waals surface area contributed by atoms with Crippen LogP contribution in [0.4, 0.5) is 0 Å². The standard InChI is InChI=1S/C16H27N3/c1-14-4-2-3-5-16(14)13-18-12-15-6-9-19(10-7-15)11-8-17/h2-5,15,18H,6-13,17H2,1H3. The molecule has 1 heterocycles. The Bertz CT molecular complexity index is 370. The minimum Gasteiger partial charge on any atom is -0.329 e. The van der Waals surface area contributed by atoms with Crippen molar-refractivity contribution in [3.05, 3.63) is 35.4 Å². The van der Waals surface area contributed by atoms with E-state index in [1.54, 1.807) is 0 Å². The number of aryl methyl sites for hydroxylation is 1. The molecule has 3 nitrogen and oxygen atoms in total. The highest BCUT2D eigenvalue weighted by molar-refractivity contribution is 5.25. The Balaban J connectivity index is 1.66. The molecule has 0 aliphatic carbocycles. The predicted octanol–water partition coefficient (Wildman–Crippen LogP) is 1.76. The number of nitrogens with zero attached hydrogens (tertiary/aromatic N) is 1. The number of likely N-dealkylation sites (tertiary alicyclic amines) is 1. The van der Waals surface area contributed by atoms with Gasteiger partial charge in [0.15, 0.2) is 0 Å². The first-order valence-corrected chi connectivity index (χ1v) is 7.47. The van der Waals surface area contributed by atoms with Crippen LogP contribution in [0.5, 0.6) is 0 Å². The summed E-state index contributed by atoms with van der Waals surface area (Å²) in [5, 5.41) is 3.62. The first-order chi connectivity index (χ1) is 9.29. The van der Waals surface area contributed by atoms with Crippen molar-refractivity contribution in [2.75, 3.05) is 32.7 Å². The zero-order chi connectivity index (χ0) is 13.5. The van der Waals surface area contributed by atoms with Crippen LogP contribution in [0.3, 0.4) is 0 Å². The van der Waals surface area contributed by atoms with Crippen LogP contribution in [-0.2, 0) is 6.54 Å². The third-order valence-corrected chi connectivity index (χ3v) is 4.16. The Kier molecular flexibility index (Phi) is 5.83. The lowest BCUT2D eigenvalue weighted by atomic mass is 9.96. The Morgan fingerprint density at radius 2 is 2.00 bits per heavy atom. The molecule has 19 heavy (non-hydrogen) atoms. The third-order valence-electron chi connectivity index (χ3n) is 4.16. The first kappa shape index (κ1) is 14.5. The van der Waals surface area contributed by atoms with E-state index in [-0.39, 0.29) is 0 Å². The van der Waals surface area contributed by atoms with Crippen molar-refractivity contribution < 1.29 is 0 Å². The van der Waals surface area contributed by atoms with Gasteiger partial charge in [0.2, 0.25) is 0 Å². The van der Waals surface area contributed by atoms with Gasteiger partial charge in [-0.15, -0.1) is 0 Å². The van der Waals surface area contributed by atoms with Crippen LogP contribution in [0.1, 0.15) is 24.0 Å². The maximum absolute atomic E-state index is 5.60. The Morgan fingerprint density at radius 3 is 2.68 bits per heavy atom. The number of piperidine rings is 1. The van der Waals surface area contributed by atoms with Gasteiger partial charge in [-0.05, 0) is 56.4 Å². The highest BCUT2D eigenvalue weighted by Crippen LogP contribution is 2.16. The van der Waals surface area contributed by atoms with Crippen molar-refractivity contribution in [3.8, 4) is 0 Å². The molecule has 1 aliphatic rings. The maximum Gasteiger partial charge on any atom is 0.0208 e. The molecule has 3 N–H and O–H groups in total. The van der Waals surface area contributed by atoms with E-state index in [1.165, 1.54) is 37.1 Å². The van der Waals surface area contributed by atoms with E-state index in [2.05, 4.69) is 41.4 Å². The molecule has 1 fully saturated rings. The smallest absolute Gasteiger partial charge is 0.0208 e. The normalized spacial score (nSPS) is 17.8. The Hall–Kier alpha value is -0.900.